The third-order valence-corrected chi connectivity index (χ3v) is 5.80. The van der Waals surface area contributed by atoms with E-state index in [1.165, 1.54) is 25.7 Å². The van der Waals surface area contributed by atoms with E-state index in [1.807, 2.05) is 6.07 Å². The molecule has 3 aliphatic rings. The van der Waals surface area contributed by atoms with Crippen LogP contribution in [-0.4, -0.2) is 74.7 Å². The molecule has 4 rings (SSSR count). The van der Waals surface area contributed by atoms with E-state index in [0.29, 0.717) is 35.9 Å². The largest absolute Gasteiger partial charge is 0.496 e. The number of fused-ring (bicyclic) bond motifs is 1. The highest BCUT2D eigenvalue weighted by molar-refractivity contribution is 6.10. The van der Waals surface area contributed by atoms with Gasteiger partial charge in [0.1, 0.15) is 22.8 Å². The molecule has 0 saturated carbocycles. The lowest BCUT2D eigenvalue weighted by atomic mass is 9.93. The summed E-state index contributed by atoms with van der Waals surface area (Å²) >= 11 is 0. The highest BCUT2D eigenvalue weighted by Gasteiger charge is 2.52. The standard InChI is InChI=1S/C20H28N2O4/c1-24-15-11-16(25-2)18-17(12-15)26-20(19(18)23,13-21-7-3-4-8-21)14-22-9-5-6-10-22/h11-12H,3-10,13-14H2,1-2H3. The van der Waals surface area contributed by atoms with E-state index in [1.54, 1.807) is 20.3 Å². The van der Waals surface area contributed by atoms with Crippen molar-refractivity contribution in [2.45, 2.75) is 31.3 Å². The van der Waals surface area contributed by atoms with Crippen molar-refractivity contribution in [3.63, 3.8) is 0 Å². The van der Waals surface area contributed by atoms with E-state index < -0.39 is 5.60 Å². The molecule has 0 spiro atoms. The van der Waals surface area contributed by atoms with Crippen molar-refractivity contribution in [1.29, 1.82) is 0 Å². The van der Waals surface area contributed by atoms with Crippen molar-refractivity contribution in [3.05, 3.63) is 17.7 Å². The molecular weight excluding hydrogens is 332 g/mol. The number of rotatable bonds is 6. The lowest BCUT2D eigenvalue weighted by molar-refractivity contribution is 0.0239. The molecule has 0 N–H and O–H groups in total. The Morgan fingerprint density at radius 3 is 2.04 bits per heavy atom. The third-order valence-electron chi connectivity index (χ3n) is 5.80. The minimum absolute atomic E-state index is 0.0470. The molecule has 6 nitrogen and oxygen atoms in total. The van der Waals surface area contributed by atoms with Gasteiger partial charge < -0.3 is 14.2 Å². The Morgan fingerprint density at radius 2 is 1.54 bits per heavy atom. The zero-order valence-corrected chi connectivity index (χ0v) is 15.8. The fourth-order valence-corrected chi connectivity index (χ4v) is 4.50. The molecule has 2 fully saturated rings. The summed E-state index contributed by atoms with van der Waals surface area (Å²) in [6.45, 7) is 5.43. The van der Waals surface area contributed by atoms with Gasteiger partial charge in [0.15, 0.2) is 5.60 Å². The highest BCUT2D eigenvalue weighted by Crippen LogP contribution is 2.44. The Bertz CT molecular complexity index is 661. The van der Waals surface area contributed by atoms with Gasteiger partial charge in [0.05, 0.1) is 14.2 Å². The molecule has 0 unspecified atom stereocenters. The number of carbonyl (C=O) groups is 1. The predicted molar refractivity (Wildman–Crippen MR) is 98.6 cm³/mol. The number of nitrogens with zero attached hydrogens (tertiary/aromatic N) is 2. The Hall–Kier alpha value is -1.79. The molecule has 3 aliphatic heterocycles. The summed E-state index contributed by atoms with van der Waals surface area (Å²) in [5.74, 6) is 1.82. The van der Waals surface area contributed by atoms with E-state index in [2.05, 4.69) is 9.80 Å². The SMILES string of the molecule is COc1cc(OC)c2c(c1)OC(CN1CCCC1)(CN1CCCC1)C2=O. The number of ketones is 1. The smallest absolute Gasteiger partial charge is 0.216 e. The minimum Gasteiger partial charge on any atom is -0.496 e. The molecule has 0 aromatic heterocycles. The van der Waals surface area contributed by atoms with Crippen LogP contribution in [0.5, 0.6) is 17.2 Å². The molecule has 3 heterocycles. The number of hydrogen-bond acceptors (Lipinski definition) is 6. The van der Waals surface area contributed by atoms with E-state index in [9.17, 15) is 4.79 Å². The van der Waals surface area contributed by atoms with Crippen LogP contribution in [0, 0.1) is 0 Å². The number of hydrogen-bond donors (Lipinski definition) is 0. The van der Waals surface area contributed by atoms with Crippen LogP contribution in [0.4, 0.5) is 0 Å². The van der Waals surface area contributed by atoms with E-state index >= 15 is 0 Å². The van der Waals surface area contributed by atoms with Crippen LogP contribution in [0.15, 0.2) is 12.1 Å². The van der Waals surface area contributed by atoms with Gasteiger partial charge in [-0.2, -0.15) is 0 Å². The highest BCUT2D eigenvalue weighted by atomic mass is 16.5. The van der Waals surface area contributed by atoms with E-state index in [-0.39, 0.29) is 5.78 Å². The van der Waals surface area contributed by atoms with Crippen LogP contribution < -0.4 is 14.2 Å². The summed E-state index contributed by atoms with van der Waals surface area (Å²) in [5, 5.41) is 0. The maximum atomic E-state index is 13.6. The number of likely N-dealkylation sites (tertiary alicyclic amines) is 2. The molecule has 0 bridgehead atoms. The van der Waals surface area contributed by atoms with E-state index in [0.717, 1.165) is 26.2 Å². The quantitative estimate of drug-likeness (QED) is 0.775. The number of Topliss-reactive ketones (excluding diaryl/α,β-unsaturated/α-hetero) is 1. The Kier molecular flexibility index (Phi) is 4.80. The van der Waals surface area contributed by atoms with Crippen molar-refractivity contribution in [2.75, 3.05) is 53.5 Å². The number of methoxy groups -OCH3 is 2. The fourth-order valence-electron chi connectivity index (χ4n) is 4.50. The third kappa shape index (κ3) is 3.05. The Balaban J connectivity index is 1.69. The number of benzene rings is 1. The first-order valence-corrected chi connectivity index (χ1v) is 9.60. The van der Waals surface area contributed by atoms with Crippen LogP contribution >= 0.6 is 0 Å². The van der Waals surface area contributed by atoms with Crippen LogP contribution in [0.1, 0.15) is 36.0 Å². The van der Waals surface area contributed by atoms with Gasteiger partial charge in [-0.25, -0.2) is 0 Å². The second-order valence-electron chi connectivity index (χ2n) is 7.59. The average Bonchev–Trinajstić information content (AvgIpc) is 3.38. The van der Waals surface area contributed by atoms with Gasteiger partial charge in [0.2, 0.25) is 5.78 Å². The maximum Gasteiger partial charge on any atom is 0.216 e. The van der Waals surface area contributed by atoms with Crippen LogP contribution in [0.2, 0.25) is 0 Å². The molecule has 26 heavy (non-hydrogen) atoms. The van der Waals surface area contributed by atoms with Gasteiger partial charge in [-0.15, -0.1) is 0 Å². The molecule has 0 aliphatic carbocycles. The van der Waals surface area contributed by atoms with Crippen molar-refractivity contribution in [1.82, 2.24) is 9.80 Å². The zero-order valence-electron chi connectivity index (χ0n) is 15.8. The topological polar surface area (TPSA) is 51.2 Å². The van der Waals surface area contributed by atoms with Crippen molar-refractivity contribution >= 4 is 5.78 Å². The molecular formula is C20H28N2O4. The van der Waals surface area contributed by atoms with Crippen molar-refractivity contribution in [3.8, 4) is 17.2 Å². The van der Waals surface area contributed by atoms with Crippen LogP contribution in [0.25, 0.3) is 0 Å². The first-order chi connectivity index (χ1) is 12.6. The number of carbonyl (C=O) groups excluding carboxylic acids is 1. The lowest BCUT2D eigenvalue weighted by Crippen LogP contribution is -2.56. The summed E-state index contributed by atoms with van der Waals surface area (Å²) in [5.41, 5.74) is -0.289. The molecule has 2 saturated heterocycles. The van der Waals surface area contributed by atoms with E-state index in [4.69, 9.17) is 14.2 Å². The lowest BCUT2D eigenvalue weighted by Gasteiger charge is -2.34. The average molecular weight is 360 g/mol. The van der Waals surface area contributed by atoms with Gasteiger partial charge in [-0.05, 0) is 51.9 Å². The summed E-state index contributed by atoms with van der Waals surface area (Å²) in [4.78, 5) is 18.3. The van der Waals surface area contributed by atoms with Gasteiger partial charge >= 0.3 is 0 Å². The predicted octanol–water partition coefficient (Wildman–Crippen LogP) is 2.21. The van der Waals surface area contributed by atoms with Crippen LogP contribution in [-0.2, 0) is 0 Å². The summed E-state index contributed by atoms with van der Waals surface area (Å²) in [6, 6.07) is 3.58. The van der Waals surface area contributed by atoms with Gasteiger partial charge in [0.25, 0.3) is 0 Å². The molecule has 0 radical (unpaired) electrons. The molecule has 1 aromatic carbocycles. The van der Waals surface area contributed by atoms with Gasteiger partial charge in [-0.1, -0.05) is 0 Å². The van der Waals surface area contributed by atoms with Crippen LogP contribution in [0.3, 0.4) is 0 Å². The fraction of sp³-hybridized carbons (Fsp3) is 0.650. The van der Waals surface area contributed by atoms with Gasteiger partial charge in [-0.3, -0.25) is 14.6 Å². The summed E-state index contributed by atoms with van der Waals surface area (Å²) in [7, 11) is 3.20. The number of ether oxygens (including phenoxy) is 3. The minimum atomic E-state index is -0.851. The first-order valence-electron chi connectivity index (χ1n) is 9.60. The Labute approximate surface area is 155 Å². The maximum absolute atomic E-state index is 13.6. The summed E-state index contributed by atoms with van der Waals surface area (Å²) in [6.07, 6.45) is 4.77. The second-order valence-corrected chi connectivity index (χ2v) is 7.59. The molecule has 0 amide bonds. The second kappa shape index (κ2) is 7.08. The van der Waals surface area contributed by atoms with Crippen molar-refractivity contribution < 1.29 is 19.0 Å². The summed E-state index contributed by atoms with van der Waals surface area (Å²) < 4.78 is 17.3. The van der Waals surface area contributed by atoms with Gasteiger partial charge in [0, 0.05) is 25.2 Å². The molecule has 1 aromatic rings. The Morgan fingerprint density at radius 1 is 0.962 bits per heavy atom. The molecule has 0 atom stereocenters. The zero-order chi connectivity index (χ0) is 18.1. The van der Waals surface area contributed by atoms with Crippen molar-refractivity contribution in [2.24, 2.45) is 0 Å². The first kappa shape index (κ1) is 17.6. The normalized spacial score (nSPS) is 22.5. The monoisotopic (exact) mass is 360 g/mol. The molecule has 142 valence electrons. The molecule has 6 heteroatoms.